The summed E-state index contributed by atoms with van der Waals surface area (Å²) in [6.45, 7) is 13.3. The zero-order valence-electron chi connectivity index (χ0n) is 22.1. The number of benzene rings is 1. The molecular formula is C27H48N4O3. The van der Waals surface area contributed by atoms with Gasteiger partial charge >= 0.3 is 0 Å². The smallest absolute Gasteiger partial charge is 0.246 e. The van der Waals surface area contributed by atoms with Crippen molar-refractivity contribution in [2.45, 2.75) is 78.9 Å². The van der Waals surface area contributed by atoms with Crippen LogP contribution >= 0.6 is 0 Å². The lowest BCUT2D eigenvalue weighted by atomic mass is 9.85. The largest absolute Gasteiger partial charge is 0.342 e. The van der Waals surface area contributed by atoms with Gasteiger partial charge in [-0.1, -0.05) is 65.0 Å². The van der Waals surface area contributed by atoms with E-state index in [2.05, 4.69) is 22.8 Å². The number of likely N-dealkylation sites (N-methyl/N-ethyl adjacent to an activating group) is 1. The molecule has 0 radical (unpaired) electrons. The Balaban J connectivity index is 0.00000612. The Kier molecular flexibility index (Phi) is 10.1. The third-order valence-corrected chi connectivity index (χ3v) is 6.64. The van der Waals surface area contributed by atoms with E-state index < -0.39 is 11.5 Å². The third-order valence-electron chi connectivity index (χ3n) is 6.64. The van der Waals surface area contributed by atoms with Gasteiger partial charge in [-0.05, 0) is 44.2 Å². The van der Waals surface area contributed by atoms with Crippen LogP contribution in [0.3, 0.4) is 0 Å². The number of carbonyl (C=O) groups is 3. The molecule has 2 rings (SSSR count). The molecule has 0 spiro atoms. The van der Waals surface area contributed by atoms with Crippen LogP contribution < -0.4 is 10.6 Å². The van der Waals surface area contributed by atoms with Crippen molar-refractivity contribution in [3.05, 3.63) is 35.9 Å². The second-order valence-electron chi connectivity index (χ2n) is 10.8. The molecule has 1 saturated heterocycles. The lowest BCUT2D eigenvalue weighted by Crippen LogP contribution is -2.59. The maximum atomic E-state index is 13.7. The van der Waals surface area contributed by atoms with Crippen molar-refractivity contribution in [2.24, 2.45) is 11.3 Å². The fraction of sp³-hybridized carbons (Fsp3) is 0.667. The standard InChI is InChI=1S/C27H44N4O3.2H2/c1-19(2)25(33)30(17-15-21-12-9-8-10-13-21)18-22-14-11-16-31(22)26(34)23(27(4,5)6)29-24(32)20(3)28-7;;/h8-10,12-13,19-20,22-23,28H,11,14-18H2,1-7H3,(H,29,32);2*1H/t20-,22-,23+;;/m0../s1. The molecule has 7 nitrogen and oxygen atoms in total. The van der Waals surface area contributed by atoms with Gasteiger partial charge in [0.25, 0.3) is 0 Å². The highest BCUT2D eigenvalue weighted by Gasteiger charge is 2.40. The molecule has 1 heterocycles. The van der Waals surface area contributed by atoms with Crippen LogP contribution in [0.5, 0.6) is 0 Å². The normalized spacial score (nSPS) is 18.0. The van der Waals surface area contributed by atoms with Crippen LogP contribution in [0, 0.1) is 11.3 Å². The number of rotatable bonds is 10. The van der Waals surface area contributed by atoms with Gasteiger partial charge < -0.3 is 20.4 Å². The van der Waals surface area contributed by atoms with Crippen molar-refractivity contribution in [1.82, 2.24) is 20.4 Å². The first kappa shape index (κ1) is 27.8. The minimum absolute atomic E-state index is 0. The fourth-order valence-electron chi connectivity index (χ4n) is 4.35. The number of likely N-dealkylation sites (tertiary alicyclic amines) is 1. The molecule has 1 aliphatic heterocycles. The predicted octanol–water partition coefficient (Wildman–Crippen LogP) is 3.34. The van der Waals surface area contributed by atoms with Gasteiger partial charge in [0.2, 0.25) is 17.7 Å². The van der Waals surface area contributed by atoms with Crippen molar-refractivity contribution in [1.29, 1.82) is 0 Å². The molecule has 34 heavy (non-hydrogen) atoms. The highest BCUT2D eigenvalue weighted by Crippen LogP contribution is 2.26. The average molecular weight is 477 g/mol. The van der Waals surface area contributed by atoms with Gasteiger partial charge in [-0.25, -0.2) is 0 Å². The van der Waals surface area contributed by atoms with Gasteiger partial charge in [0, 0.05) is 34.4 Å². The first-order valence-electron chi connectivity index (χ1n) is 12.6. The predicted molar refractivity (Wildman–Crippen MR) is 140 cm³/mol. The van der Waals surface area contributed by atoms with Crippen molar-refractivity contribution in [2.75, 3.05) is 26.7 Å². The summed E-state index contributed by atoms with van der Waals surface area (Å²) in [5, 5.41) is 5.91. The SMILES string of the molecule is CN[C@@H](C)C(=O)N[C@H](C(=O)N1CCC[C@H]1CN(CCc1ccccc1)C(=O)C(C)C)C(C)(C)C.[HH].[HH]. The first-order valence-corrected chi connectivity index (χ1v) is 12.6. The summed E-state index contributed by atoms with van der Waals surface area (Å²) in [7, 11) is 1.73. The zero-order chi connectivity index (χ0) is 25.5. The van der Waals surface area contributed by atoms with E-state index in [0.29, 0.717) is 19.6 Å². The zero-order valence-corrected chi connectivity index (χ0v) is 22.1. The Morgan fingerprint density at radius 2 is 1.79 bits per heavy atom. The van der Waals surface area contributed by atoms with Crippen LogP contribution in [-0.2, 0) is 20.8 Å². The molecule has 1 aliphatic rings. The summed E-state index contributed by atoms with van der Waals surface area (Å²) < 4.78 is 0. The molecule has 1 aromatic carbocycles. The number of carbonyl (C=O) groups excluding carboxylic acids is 3. The molecular weight excluding hydrogens is 428 g/mol. The molecule has 1 fully saturated rings. The van der Waals surface area contributed by atoms with Crippen molar-refractivity contribution < 1.29 is 17.2 Å². The topological polar surface area (TPSA) is 81.8 Å². The lowest BCUT2D eigenvalue weighted by molar-refractivity contribution is -0.142. The third kappa shape index (κ3) is 7.55. The average Bonchev–Trinajstić information content (AvgIpc) is 3.26. The molecule has 0 aromatic heterocycles. The Bertz CT molecular complexity index is 830. The van der Waals surface area contributed by atoms with E-state index in [0.717, 1.165) is 19.3 Å². The Hall–Kier alpha value is -2.41. The van der Waals surface area contributed by atoms with Gasteiger partial charge in [-0.3, -0.25) is 14.4 Å². The van der Waals surface area contributed by atoms with Crippen LogP contribution in [0.2, 0.25) is 0 Å². The highest BCUT2D eigenvalue weighted by atomic mass is 16.2. The molecule has 3 atom stereocenters. The number of hydrogen-bond acceptors (Lipinski definition) is 4. The second-order valence-corrected chi connectivity index (χ2v) is 10.8. The van der Waals surface area contributed by atoms with Crippen LogP contribution in [0.4, 0.5) is 0 Å². The Morgan fingerprint density at radius 3 is 2.35 bits per heavy atom. The van der Waals surface area contributed by atoms with Crippen LogP contribution in [0.25, 0.3) is 0 Å². The van der Waals surface area contributed by atoms with Crippen molar-refractivity contribution in [3.63, 3.8) is 0 Å². The molecule has 0 unspecified atom stereocenters. The van der Waals surface area contributed by atoms with Gasteiger partial charge in [0.15, 0.2) is 0 Å². The number of nitrogens with zero attached hydrogens (tertiary/aromatic N) is 2. The Labute approximate surface area is 208 Å². The van der Waals surface area contributed by atoms with E-state index in [-0.39, 0.29) is 38.6 Å². The van der Waals surface area contributed by atoms with E-state index in [1.807, 2.05) is 62.6 Å². The van der Waals surface area contributed by atoms with Crippen LogP contribution in [-0.4, -0.2) is 72.3 Å². The molecule has 0 bridgehead atoms. The molecule has 0 saturated carbocycles. The van der Waals surface area contributed by atoms with E-state index in [1.165, 1.54) is 5.56 Å². The minimum atomic E-state index is -0.630. The van der Waals surface area contributed by atoms with Crippen LogP contribution in [0.15, 0.2) is 30.3 Å². The van der Waals surface area contributed by atoms with Gasteiger partial charge in [-0.2, -0.15) is 0 Å². The summed E-state index contributed by atoms with van der Waals surface area (Å²) in [5.74, 6) is -0.248. The quantitative estimate of drug-likeness (QED) is 0.543. The van der Waals surface area contributed by atoms with Crippen molar-refractivity contribution in [3.8, 4) is 0 Å². The van der Waals surface area contributed by atoms with E-state index in [1.54, 1.807) is 14.0 Å². The second kappa shape index (κ2) is 12.3. The highest BCUT2D eigenvalue weighted by molar-refractivity contribution is 5.90. The van der Waals surface area contributed by atoms with Gasteiger partial charge in [-0.15, -0.1) is 0 Å². The molecule has 194 valence electrons. The van der Waals surface area contributed by atoms with Crippen LogP contribution in [0.1, 0.15) is 62.8 Å². The molecule has 2 N–H and O–H groups in total. The molecule has 0 aliphatic carbocycles. The molecule has 7 heteroatoms. The Morgan fingerprint density at radius 1 is 1.15 bits per heavy atom. The summed E-state index contributed by atoms with van der Waals surface area (Å²) in [4.78, 5) is 43.1. The van der Waals surface area contributed by atoms with E-state index in [9.17, 15) is 14.4 Å². The fourth-order valence-corrected chi connectivity index (χ4v) is 4.35. The minimum Gasteiger partial charge on any atom is -0.342 e. The van der Waals surface area contributed by atoms with E-state index in [4.69, 9.17) is 0 Å². The van der Waals surface area contributed by atoms with Gasteiger partial charge in [0.1, 0.15) is 6.04 Å². The summed E-state index contributed by atoms with van der Waals surface area (Å²) >= 11 is 0. The lowest BCUT2D eigenvalue weighted by Gasteiger charge is -2.38. The maximum Gasteiger partial charge on any atom is 0.246 e. The first-order chi connectivity index (χ1) is 16.0. The summed E-state index contributed by atoms with van der Waals surface area (Å²) in [6.07, 6.45) is 2.54. The number of hydrogen-bond donors (Lipinski definition) is 2. The number of amides is 3. The monoisotopic (exact) mass is 476 g/mol. The van der Waals surface area contributed by atoms with Crippen molar-refractivity contribution >= 4 is 17.7 Å². The number of nitrogens with one attached hydrogen (secondary N) is 2. The van der Waals surface area contributed by atoms with E-state index >= 15 is 0 Å². The summed E-state index contributed by atoms with van der Waals surface area (Å²) in [6, 6.07) is 9.10. The summed E-state index contributed by atoms with van der Waals surface area (Å²) in [5.41, 5.74) is 0.756. The van der Waals surface area contributed by atoms with Gasteiger partial charge in [0.05, 0.1) is 6.04 Å². The molecule has 1 aromatic rings. The maximum absolute atomic E-state index is 13.7. The molecule has 3 amide bonds.